The molecule has 1 amide bonds. The van der Waals surface area contributed by atoms with Gasteiger partial charge in [-0.25, -0.2) is 4.98 Å². The molecule has 3 heterocycles. The lowest BCUT2D eigenvalue weighted by atomic mass is 9.90. The van der Waals surface area contributed by atoms with Crippen LogP contribution in [0.15, 0.2) is 30.5 Å². The Labute approximate surface area is 146 Å². The lowest BCUT2D eigenvalue weighted by Gasteiger charge is -2.37. The second-order valence-corrected chi connectivity index (χ2v) is 6.73. The zero-order chi connectivity index (χ0) is 17.4. The summed E-state index contributed by atoms with van der Waals surface area (Å²) in [4.78, 5) is 30.7. The summed E-state index contributed by atoms with van der Waals surface area (Å²) in [6.45, 7) is 1.35. The van der Waals surface area contributed by atoms with Crippen molar-refractivity contribution in [1.82, 2.24) is 14.5 Å². The molecule has 6 heteroatoms. The largest absolute Gasteiger partial charge is 0.481 e. The van der Waals surface area contributed by atoms with E-state index in [0.29, 0.717) is 12.2 Å². The first-order chi connectivity index (χ1) is 12.1. The van der Waals surface area contributed by atoms with Crippen LogP contribution in [0.3, 0.4) is 0 Å². The fourth-order valence-corrected chi connectivity index (χ4v) is 4.01. The Morgan fingerprint density at radius 1 is 1.16 bits per heavy atom. The molecule has 0 aliphatic carbocycles. The molecule has 0 spiro atoms. The maximum Gasteiger partial charge on any atom is 0.305 e. The second-order valence-electron chi connectivity index (χ2n) is 6.73. The van der Waals surface area contributed by atoms with Gasteiger partial charge in [-0.1, -0.05) is 24.3 Å². The topological polar surface area (TPSA) is 75.4 Å². The molecule has 6 nitrogen and oxygen atoms in total. The second kappa shape index (κ2) is 6.35. The third-order valence-corrected chi connectivity index (χ3v) is 5.23. The molecule has 2 aliphatic heterocycles. The average Bonchev–Trinajstić information content (AvgIpc) is 3.05. The fourth-order valence-electron chi connectivity index (χ4n) is 4.01. The minimum Gasteiger partial charge on any atom is -0.481 e. The van der Waals surface area contributed by atoms with E-state index in [1.165, 1.54) is 0 Å². The molecule has 1 aromatic heterocycles. The van der Waals surface area contributed by atoms with Crippen LogP contribution in [0.2, 0.25) is 0 Å². The molecule has 25 heavy (non-hydrogen) atoms. The van der Waals surface area contributed by atoms with Crippen molar-refractivity contribution < 1.29 is 14.7 Å². The highest BCUT2D eigenvalue weighted by atomic mass is 16.4. The van der Waals surface area contributed by atoms with Crippen LogP contribution in [0.25, 0.3) is 0 Å². The third kappa shape index (κ3) is 2.81. The van der Waals surface area contributed by atoms with Crippen molar-refractivity contribution in [3.63, 3.8) is 0 Å². The Kier molecular flexibility index (Phi) is 4.03. The van der Waals surface area contributed by atoms with E-state index in [1.54, 1.807) is 11.1 Å². The van der Waals surface area contributed by atoms with E-state index >= 15 is 0 Å². The van der Waals surface area contributed by atoms with Crippen LogP contribution in [0.1, 0.15) is 52.7 Å². The zero-order valence-corrected chi connectivity index (χ0v) is 14.0. The number of carboxylic acids is 1. The molecular weight excluding hydrogens is 318 g/mol. The number of aromatic nitrogens is 2. The summed E-state index contributed by atoms with van der Waals surface area (Å²) < 4.78 is 2.00. The number of imidazole rings is 1. The highest BCUT2D eigenvalue weighted by Crippen LogP contribution is 2.33. The minimum absolute atomic E-state index is 0.0796. The number of hydrogen-bond donors (Lipinski definition) is 1. The molecule has 0 saturated heterocycles. The van der Waals surface area contributed by atoms with E-state index in [0.717, 1.165) is 49.2 Å². The number of rotatable bonds is 3. The molecular formula is C19H21N3O3. The van der Waals surface area contributed by atoms with Gasteiger partial charge in [-0.2, -0.15) is 0 Å². The van der Waals surface area contributed by atoms with Gasteiger partial charge in [-0.05, 0) is 30.4 Å². The van der Waals surface area contributed by atoms with Crippen molar-refractivity contribution >= 4 is 11.9 Å². The molecule has 1 aromatic carbocycles. The van der Waals surface area contributed by atoms with Crippen molar-refractivity contribution in [2.24, 2.45) is 0 Å². The Bertz CT molecular complexity index is 827. The van der Waals surface area contributed by atoms with Gasteiger partial charge < -0.3 is 14.6 Å². The number of nitrogens with zero attached hydrogens (tertiary/aromatic N) is 3. The Hall–Kier alpha value is -2.63. The molecule has 0 bridgehead atoms. The van der Waals surface area contributed by atoms with Gasteiger partial charge in [0, 0.05) is 19.5 Å². The SMILES string of the molecule is O=C(O)C[C@@H]1c2ccccc2CCN1C(=O)c1cnc2n1CCCC2. The van der Waals surface area contributed by atoms with E-state index in [-0.39, 0.29) is 12.3 Å². The maximum atomic E-state index is 13.2. The molecule has 2 aliphatic rings. The van der Waals surface area contributed by atoms with E-state index in [1.807, 2.05) is 28.8 Å². The molecule has 0 radical (unpaired) electrons. The number of carboxylic acid groups (broad SMARTS) is 1. The first kappa shape index (κ1) is 15.9. The number of carbonyl (C=O) groups is 2. The smallest absolute Gasteiger partial charge is 0.305 e. The van der Waals surface area contributed by atoms with Gasteiger partial charge in [-0.15, -0.1) is 0 Å². The summed E-state index contributed by atoms with van der Waals surface area (Å²) in [5.41, 5.74) is 2.67. The predicted molar refractivity (Wildman–Crippen MR) is 91.3 cm³/mol. The Morgan fingerprint density at radius 2 is 2.00 bits per heavy atom. The van der Waals surface area contributed by atoms with E-state index in [9.17, 15) is 14.7 Å². The number of aliphatic carboxylic acids is 1. The average molecular weight is 339 g/mol. The van der Waals surface area contributed by atoms with Crippen molar-refractivity contribution in [2.75, 3.05) is 6.54 Å². The van der Waals surface area contributed by atoms with E-state index < -0.39 is 12.0 Å². The summed E-state index contributed by atoms with van der Waals surface area (Å²) in [5.74, 6) is -0.0435. The molecule has 130 valence electrons. The summed E-state index contributed by atoms with van der Waals surface area (Å²) in [6.07, 6.45) is 5.37. The first-order valence-electron chi connectivity index (χ1n) is 8.80. The predicted octanol–water partition coefficient (Wildman–Crippen LogP) is 2.43. The van der Waals surface area contributed by atoms with Crippen LogP contribution in [0.5, 0.6) is 0 Å². The van der Waals surface area contributed by atoms with Gasteiger partial charge in [0.1, 0.15) is 11.5 Å². The van der Waals surface area contributed by atoms with E-state index in [2.05, 4.69) is 4.98 Å². The summed E-state index contributed by atoms with van der Waals surface area (Å²) >= 11 is 0. The molecule has 0 saturated carbocycles. The Balaban J connectivity index is 1.70. The normalized spacial score (nSPS) is 19.2. The number of hydrogen-bond acceptors (Lipinski definition) is 3. The third-order valence-electron chi connectivity index (χ3n) is 5.23. The Morgan fingerprint density at radius 3 is 2.84 bits per heavy atom. The van der Waals surface area contributed by atoms with Crippen LogP contribution in [0.4, 0.5) is 0 Å². The number of aryl methyl sites for hydroxylation is 1. The van der Waals surface area contributed by atoms with Gasteiger partial charge in [0.25, 0.3) is 5.91 Å². The molecule has 4 rings (SSSR count). The zero-order valence-electron chi connectivity index (χ0n) is 14.0. The minimum atomic E-state index is -0.894. The van der Waals surface area contributed by atoms with Crippen molar-refractivity contribution in [1.29, 1.82) is 0 Å². The highest BCUT2D eigenvalue weighted by molar-refractivity contribution is 5.93. The van der Waals surface area contributed by atoms with Gasteiger partial charge in [0.05, 0.1) is 18.7 Å². The van der Waals surface area contributed by atoms with Gasteiger partial charge >= 0.3 is 5.97 Å². The van der Waals surface area contributed by atoms with Gasteiger partial charge in [0.15, 0.2) is 0 Å². The molecule has 1 atom stereocenters. The number of fused-ring (bicyclic) bond motifs is 2. The summed E-state index contributed by atoms with van der Waals surface area (Å²) in [5, 5.41) is 9.36. The highest BCUT2D eigenvalue weighted by Gasteiger charge is 2.34. The van der Waals surface area contributed by atoms with Gasteiger partial charge in [0.2, 0.25) is 0 Å². The van der Waals surface area contributed by atoms with Crippen molar-refractivity contribution in [2.45, 2.75) is 44.7 Å². The number of carbonyl (C=O) groups excluding carboxylic acids is 1. The molecule has 2 aromatic rings. The van der Waals surface area contributed by atoms with Crippen LogP contribution in [-0.4, -0.2) is 38.0 Å². The standard InChI is InChI=1S/C19H21N3O3/c23-18(24)11-15-14-6-2-1-5-13(14)8-10-22(15)19(25)16-12-20-17-7-3-4-9-21(16)17/h1-2,5-6,12,15H,3-4,7-11H2,(H,23,24)/t15-/m1/s1. The molecule has 1 N–H and O–H groups in total. The van der Waals surface area contributed by atoms with Crippen LogP contribution >= 0.6 is 0 Å². The van der Waals surface area contributed by atoms with Crippen LogP contribution < -0.4 is 0 Å². The molecule has 0 unspecified atom stereocenters. The van der Waals surface area contributed by atoms with E-state index in [4.69, 9.17) is 0 Å². The van der Waals surface area contributed by atoms with Crippen LogP contribution in [0, 0.1) is 0 Å². The first-order valence-corrected chi connectivity index (χ1v) is 8.80. The van der Waals surface area contributed by atoms with Crippen LogP contribution in [-0.2, 0) is 24.2 Å². The lowest BCUT2D eigenvalue weighted by molar-refractivity contribution is -0.138. The number of benzene rings is 1. The fraction of sp³-hybridized carbons (Fsp3) is 0.421. The van der Waals surface area contributed by atoms with Gasteiger partial charge in [-0.3, -0.25) is 9.59 Å². The quantitative estimate of drug-likeness (QED) is 0.932. The summed E-state index contributed by atoms with van der Waals surface area (Å²) in [7, 11) is 0. The molecule has 0 fully saturated rings. The number of amides is 1. The lowest BCUT2D eigenvalue weighted by Crippen LogP contribution is -2.42. The monoisotopic (exact) mass is 339 g/mol. The maximum absolute atomic E-state index is 13.2. The van der Waals surface area contributed by atoms with Crippen molar-refractivity contribution in [3.8, 4) is 0 Å². The summed E-state index contributed by atoms with van der Waals surface area (Å²) in [6, 6.07) is 7.40. The van der Waals surface area contributed by atoms with Crippen molar-refractivity contribution in [3.05, 3.63) is 53.1 Å².